The molecule has 0 spiro atoms. The summed E-state index contributed by atoms with van der Waals surface area (Å²) in [5.74, 6) is -9.62. The normalized spacial score (nSPS) is 40.1. The molecule has 0 aromatic heterocycles. The highest BCUT2D eigenvalue weighted by Crippen LogP contribution is 2.48. The van der Waals surface area contributed by atoms with Crippen LogP contribution in [0, 0.1) is 29.6 Å². The van der Waals surface area contributed by atoms with Gasteiger partial charge in [-0.05, 0) is 79.2 Å². The van der Waals surface area contributed by atoms with Gasteiger partial charge in [-0.3, -0.25) is 14.4 Å². The zero-order valence-electron chi connectivity index (χ0n) is 37.1. The van der Waals surface area contributed by atoms with Gasteiger partial charge in [0.25, 0.3) is 5.67 Å². The van der Waals surface area contributed by atoms with Crippen LogP contribution in [-0.2, 0) is 52.1 Å². The van der Waals surface area contributed by atoms with E-state index in [4.69, 9.17) is 38.7 Å². The number of alkyl halides is 1. The predicted octanol–water partition coefficient (Wildman–Crippen LogP) is 5.11. The van der Waals surface area contributed by atoms with Crippen LogP contribution in [0.25, 0.3) is 0 Å². The summed E-state index contributed by atoms with van der Waals surface area (Å²) in [7, 11) is 2.47. The minimum Gasteiger partial charge on any atom is -0.455 e. The van der Waals surface area contributed by atoms with E-state index >= 15 is 4.39 Å². The van der Waals surface area contributed by atoms with Crippen molar-refractivity contribution < 1.29 is 61.4 Å². The van der Waals surface area contributed by atoms with Gasteiger partial charge in [0.05, 0.1) is 26.6 Å². The fraction of sp³-hybridized carbons (Fsp3) is 0.875. The maximum absolute atomic E-state index is 17.1. The van der Waals surface area contributed by atoms with Gasteiger partial charge in [0.2, 0.25) is 0 Å². The third-order valence-corrected chi connectivity index (χ3v) is 18.2. The number of hydrogen-bond donors (Lipinski definition) is 2. The molecule has 0 saturated carbocycles. The Bertz CT molecular complexity index is 1480. The number of nitrogens with zero attached hydrogens (tertiary/aromatic N) is 2. The first-order chi connectivity index (χ1) is 27.0. The van der Waals surface area contributed by atoms with Crippen LogP contribution in [0.1, 0.15) is 95.4 Å². The van der Waals surface area contributed by atoms with Crippen molar-refractivity contribution in [3.63, 3.8) is 0 Å². The number of hydrogen-bond acceptors (Lipinski definition) is 14. The highest BCUT2D eigenvalue weighted by atomic mass is 31.1. The molecule has 3 aliphatic heterocycles. The van der Waals surface area contributed by atoms with Gasteiger partial charge < -0.3 is 48.5 Å². The number of ketones is 2. The third-order valence-electron chi connectivity index (χ3n) is 13.3. The van der Waals surface area contributed by atoms with Crippen molar-refractivity contribution >= 4 is 46.5 Å². The minimum absolute atomic E-state index is 0.0188. The van der Waals surface area contributed by atoms with Crippen molar-refractivity contribution in [1.29, 1.82) is 0 Å². The zero-order chi connectivity index (χ0) is 44.1. The van der Waals surface area contributed by atoms with Crippen LogP contribution in [0.4, 0.5) is 4.39 Å². The number of halogens is 1. The number of carbonyl (C=O) groups excluding carboxylic acids is 4. The Labute approximate surface area is 347 Å². The van der Waals surface area contributed by atoms with E-state index in [2.05, 4.69) is 30.8 Å². The lowest BCUT2D eigenvalue weighted by molar-refractivity contribution is -0.292. The number of amidine groups is 1. The van der Waals surface area contributed by atoms with E-state index in [1.165, 1.54) is 21.0 Å². The first-order valence-corrected chi connectivity index (χ1v) is 24.4. The summed E-state index contributed by atoms with van der Waals surface area (Å²) in [6, 6.07) is 2.44. The molecule has 0 aromatic carbocycles. The molecular formula is C40H71FN3O12PSi. The van der Waals surface area contributed by atoms with Gasteiger partial charge in [0, 0.05) is 36.8 Å². The summed E-state index contributed by atoms with van der Waals surface area (Å²) in [6.07, 6.45) is -4.03. The molecule has 2 unspecified atom stereocenters. The molecule has 3 rings (SSSR count). The Morgan fingerprint density at radius 2 is 1.64 bits per heavy atom. The summed E-state index contributed by atoms with van der Waals surface area (Å²) < 4.78 is 55.7. The smallest absolute Gasteiger partial charge is 0.351 e. The summed E-state index contributed by atoms with van der Waals surface area (Å²) in [6.45, 7) is 18.8. The molecule has 334 valence electrons. The summed E-state index contributed by atoms with van der Waals surface area (Å²) in [5.41, 5.74) is -0.0578. The number of fused-ring (bicyclic) bond motifs is 1. The Kier molecular flexibility index (Phi) is 17.5. The molecule has 3 fully saturated rings. The van der Waals surface area contributed by atoms with Gasteiger partial charge in [-0.15, -0.1) is 0 Å². The van der Waals surface area contributed by atoms with Gasteiger partial charge in [0.15, 0.2) is 38.2 Å². The number of carbonyl (C=O) groups is 4. The predicted molar refractivity (Wildman–Crippen MR) is 220 cm³/mol. The molecule has 0 aromatic rings. The lowest BCUT2D eigenvalue weighted by atomic mass is 9.67. The number of rotatable bonds is 14. The van der Waals surface area contributed by atoms with E-state index in [0.29, 0.717) is 6.42 Å². The van der Waals surface area contributed by atoms with E-state index < -0.39 is 106 Å². The number of Topliss-reactive ketones (excluding diaryl/α,β-unsaturated/α-hetero) is 2. The van der Waals surface area contributed by atoms with Crippen LogP contribution in [0.5, 0.6) is 0 Å². The number of esters is 2. The van der Waals surface area contributed by atoms with Gasteiger partial charge >= 0.3 is 11.9 Å². The first-order valence-electron chi connectivity index (χ1n) is 20.7. The van der Waals surface area contributed by atoms with Gasteiger partial charge in [-0.1, -0.05) is 53.6 Å². The van der Waals surface area contributed by atoms with E-state index in [9.17, 15) is 24.1 Å². The molecule has 3 aliphatic rings. The Balaban J connectivity index is 2.26. The lowest BCUT2D eigenvalue weighted by Crippen LogP contribution is -2.62. The van der Waals surface area contributed by atoms with Gasteiger partial charge in [0.1, 0.15) is 23.9 Å². The van der Waals surface area contributed by atoms with Crippen LogP contribution < -0.4 is 5.73 Å². The van der Waals surface area contributed by atoms with E-state index in [0.717, 1.165) is 25.1 Å². The number of likely N-dealkylation sites (N-methyl/N-ethyl adjacent to an activating group) is 1. The topological polar surface area (TPSA) is 195 Å². The van der Waals surface area contributed by atoms with Crippen molar-refractivity contribution in [3.8, 4) is 0 Å². The van der Waals surface area contributed by atoms with E-state index in [1.54, 1.807) is 27.7 Å². The Hall–Kier alpha value is -2.11. The van der Waals surface area contributed by atoms with Crippen LogP contribution in [0.2, 0.25) is 18.1 Å². The molecular weight excluding hydrogens is 793 g/mol. The standard InChI is InChI=1S/C40H71FN3O12PSi/c1-15-27-40(11)29(28(35(47)55-40)34(42)43-51-21-57-49)24(7)30(45)22(5)20-38(9,50-14)33(25(8)32(46)39(10,41)37(48)53-27)54-36-31(56-58(16-2,17-3)18-4)26(44(12)13)19-23(6)52-36/h22-29,31,33,36,49,57H,15-21H2,1-14H3,(H2,42,43)/t22-,23-,24-,25+,26+,27+,28-,29+,31-,33-,36?,38-,39+,40+/m1/s1. The van der Waals surface area contributed by atoms with Crippen LogP contribution in [0.15, 0.2) is 5.16 Å². The lowest BCUT2D eigenvalue weighted by Gasteiger charge is -2.50. The second-order valence-electron chi connectivity index (χ2n) is 17.3. The highest BCUT2D eigenvalue weighted by Gasteiger charge is 2.64. The number of cyclic esters (lactones) is 1. The fourth-order valence-electron chi connectivity index (χ4n) is 9.54. The van der Waals surface area contributed by atoms with E-state index in [-0.39, 0.29) is 43.0 Å². The van der Waals surface area contributed by atoms with Crippen LogP contribution in [0.3, 0.4) is 0 Å². The minimum atomic E-state index is -3.20. The summed E-state index contributed by atoms with van der Waals surface area (Å²) in [5, 5.41) is 3.84. The fourth-order valence-corrected chi connectivity index (χ4v) is 12.5. The van der Waals surface area contributed by atoms with Crippen molar-refractivity contribution in [2.75, 3.05) is 27.6 Å². The summed E-state index contributed by atoms with van der Waals surface area (Å²) in [4.78, 5) is 73.3. The van der Waals surface area contributed by atoms with Crippen molar-refractivity contribution in [2.24, 2.45) is 40.5 Å². The molecule has 3 heterocycles. The van der Waals surface area contributed by atoms with Crippen molar-refractivity contribution in [1.82, 2.24) is 4.90 Å². The largest absolute Gasteiger partial charge is 0.455 e. The number of oxime groups is 1. The maximum atomic E-state index is 17.1. The molecule has 0 aliphatic carbocycles. The second-order valence-corrected chi connectivity index (χ2v) is 22.6. The average Bonchev–Trinajstić information content (AvgIpc) is 3.46. The molecule has 18 heteroatoms. The highest BCUT2D eigenvalue weighted by molar-refractivity contribution is 7.30. The third kappa shape index (κ3) is 10.1. The van der Waals surface area contributed by atoms with Crippen LogP contribution in [-0.4, -0.2) is 129 Å². The zero-order valence-corrected chi connectivity index (χ0v) is 39.1. The van der Waals surface area contributed by atoms with Crippen molar-refractivity contribution in [2.45, 2.75) is 167 Å². The number of ether oxygens (including phenoxy) is 5. The number of nitrogens with two attached hydrogens (primary N) is 1. The molecule has 0 bridgehead atoms. The molecule has 15 nitrogen and oxygen atoms in total. The van der Waals surface area contributed by atoms with Gasteiger partial charge in [-0.25, -0.2) is 9.18 Å². The quantitative estimate of drug-likeness (QED) is 0.0342. The molecule has 0 amide bonds. The first kappa shape index (κ1) is 50.2. The summed E-state index contributed by atoms with van der Waals surface area (Å²) >= 11 is 0. The molecule has 3 N–H and O–H groups in total. The second kappa shape index (κ2) is 20.2. The van der Waals surface area contributed by atoms with Crippen LogP contribution >= 0.6 is 8.81 Å². The maximum Gasteiger partial charge on any atom is 0.351 e. The van der Waals surface area contributed by atoms with E-state index in [1.807, 2.05) is 21.0 Å². The average molecular weight is 864 g/mol. The van der Waals surface area contributed by atoms with Crippen molar-refractivity contribution in [3.05, 3.63) is 0 Å². The Morgan fingerprint density at radius 3 is 2.16 bits per heavy atom. The molecule has 0 radical (unpaired) electrons. The monoisotopic (exact) mass is 863 g/mol. The number of methoxy groups -OCH3 is 1. The Morgan fingerprint density at radius 1 is 1.03 bits per heavy atom. The molecule has 58 heavy (non-hydrogen) atoms. The molecule has 15 atom stereocenters. The van der Waals surface area contributed by atoms with Gasteiger partial charge in [-0.2, -0.15) is 0 Å². The molecule has 3 saturated heterocycles. The SMILES string of the molecule is CC[C@@H]1OC(=O)[C@@](C)(F)C(=O)[C@H](C)[C@@H](OC2O[C@H](C)C[C@H](N(C)C)[C@H]2O[Si](CC)(CC)CC)[C@](C)(OC)C[C@@H](C)C(=O)[C@H](C)[C@H]2[C@H](/C(N)=N/OCPO)C(=O)O[C@]21C.